The van der Waals surface area contributed by atoms with Crippen LogP contribution in [0.5, 0.6) is 0 Å². The molecule has 2 aliphatic carbocycles. The van der Waals surface area contributed by atoms with Gasteiger partial charge < -0.3 is 5.11 Å². The molecule has 0 bridgehead atoms. The smallest absolute Gasteiger partial charge is 0.199 e. The Labute approximate surface area is 165 Å². The Morgan fingerprint density at radius 2 is 2.00 bits per heavy atom. The molecule has 0 amide bonds. The van der Waals surface area contributed by atoms with Gasteiger partial charge in [0.1, 0.15) is 12.0 Å². The number of aliphatic hydroxyl groups is 1. The maximum Gasteiger partial charge on any atom is 0.199 e. The zero-order valence-electron chi connectivity index (χ0n) is 17.5. The molecule has 0 aliphatic heterocycles. The normalized spacial score (nSPS) is 27.9. The van der Waals surface area contributed by atoms with Gasteiger partial charge in [-0.3, -0.25) is 9.48 Å². The molecular formula is C21H29N5O2. The summed E-state index contributed by atoms with van der Waals surface area (Å²) in [6, 6.07) is 0.245. The third-order valence-electron chi connectivity index (χ3n) is 6.85. The van der Waals surface area contributed by atoms with E-state index >= 15 is 0 Å². The zero-order chi connectivity index (χ0) is 20.4. The Hall–Kier alpha value is -2.44. The first-order chi connectivity index (χ1) is 13.1. The van der Waals surface area contributed by atoms with Gasteiger partial charge in [-0.25, -0.2) is 9.67 Å². The number of allylic oxidation sites excluding steroid dienone is 1. The highest BCUT2D eigenvalue weighted by atomic mass is 16.2. The summed E-state index contributed by atoms with van der Waals surface area (Å²) < 4.78 is 3.74. The number of carbonyl (C=O) groups excluding carboxylic acids is 1. The molecule has 0 unspecified atom stereocenters. The van der Waals surface area contributed by atoms with Gasteiger partial charge in [-0.15, -0.1) is 5.10 Å². The highest BCUT2D eigenvalue weighted by Gasteiger charge is 2.57. The first-order valence-corrected chi connectivity index (χ1v) is 9.97. The molecule has 7 nitrogen and oxygen atoms in total. The van der Waals surface area contributed by atoms with Crippen LogP contribution in [0.1, 0.15) is 64.8 Å². The fraction of sp³-hybridized carbons (Fsp3) is 0.619. The van der Waals surface area contributed by atoms with Crippen molar-refractivity contribution >= 4 is 5.78 Å². The molecule has 1 saturated carbocycles. The lowest BCUT2D eigenvalue weighted by Gasteiger charge is -2.52. The number of nitrogens with zero attached hydrogens (tertiary/aromatic N) is 5. The minimum absolute atomic E-state index is 0.0504. The van der Waals surface area contributed by atoms with Crippen molar-refractivity contribution in [2.24, 2.45) is 18.4 Å². The molecule has 2 heterocycles. The van der Waals surface area contributed by atoms with Crippen molar-refractivity contribution in [3.63, 3.8) is 0 Å². The minimum Gasteiger partial charge on any atom is -0.515 e. The van der Waals surface area contributed by atoms with Gasteiger partial charge in [0, 0.05) is 35.1 Å². The van der Waals surface area contributed by atoms with Gasteiger partial charge in [-0.05, 0) is 39.0 Å². The number of hydrogen-bond acceptors (Lipinski definition) is 5. The lowest BCUT2D eigenvalue weighted by Crippen LogP contribution is -2.53. The highest BCUT2D eigenvalue weighted by molar-refractivity contribution is 6.01. The number of aromatic nitrogens is 5. The third kappa shape index (κ3) is 2.41. The van der Waals surface area contributed by atoms with Crippen molar-refractivity contribution in [1.82, 2.24) is 24.5 Å². The van der Waals surface area contributed by atoms with Crippen molar-refractivity contribution < 1.29 is 9.90 Å². The first kappa shape index (κ1) is 18.9. The second-order valence-electron chi connectivity index (χ2n) is 9.33. The number of ketones is 1. The largest absolute Gasteiger partial charge is 0.515 e. The van der Waals surface area contributed by atoms with Crippen LogP contribution in [-0.4, -0.2) is 35.4 Å². The van der Waals surface area contributed by atoms with Crippen molar-refractivity contribution in [3.05, 3.63) is 29.4 Å². The van der Waals surface area contributed by atoms with Crippen molar-refractivity contribution in [1.29, 1.82) is 0 Å². The van der Waals surface area contributed by atoms with Gasteiger partial charge in [-0.2, -0.15) is 5.10 Å². The summed E-state index contributed by atoms with van der Waals surface area (Å²) >= 11 is 0. The van der Waals surface area contributed by atoms with E-state index in [1.165, 1.54) is 5.56 Å². The van der Waals surface area contributed by atoms with E-state index in [2.05, 4.69) is 30.9 Å². The van der Waals surface area contributed by atoms with Gasteiger partial charge in [0.15, 0.2) is 11.6 Å². The van der Waals surface area contributed by atoms with Crippen LogP contribution in [0.3, 0.4) is 0 Å². The summed E-state index contributed by atoms with van der Waals surface area (Å²) in [5.74, 6) is 0.915. The Kier molecular flexibility index (Phi) is 4.07. The number of hydrogen-bond donors (Lipinski definition) is 1. The predicted octanol–water partition coefficient (Wildman–Crippen LogP) is 3.52. The Morgan fingerprint density at radius 3 is 2.61 bits per heavy atom. The van der Waals surface area contributed by atoms with Crippen molar-refractivity contribution in [2.75, 3.05) is 0 Å². The lowest BCUT2D eigenvalue weighted by molar-refractivity contribution is -0.131. The maximum atomic E-state index is 12.9. The zero-order valence-corrected chi connectivity index (χ0v) is 17.5. The molecule has 1 N–H and O–H groups in total. The molecule has 150 valence electrons. The van der Waals surface area contributed by atoms with Crippen LogP contribution in [0.25, 0.3) is 11.5 Å². The monoisotopic (exact) mass is 383 g/mol. The lowest BCUT2D eigenvalue weighted by atomic mass is 9.50. The van der Waals surface area contributed by atoms with E-state index in [-0.39, 0.29) is 23.2 Å². The van der Waals surface area contributed by atoms with E-state index in [0.717, 1.165) is 30.5 Å². The van der Waals surface area contributed by atoms with E-state index in [1.807, 2.05) is 30.3 Å². The van der Waals surface area contributed by atoms with E-state index in [4.69, 9.17) is 5.10 Å². The van der Waals surface area contributed by atoms with Gasteiger partial charge in [0.05, 0.1) is 12.0 Å². The molecule has 2 atom stereocenters. The van der Waals surface area contributed by atoms with Gasteiger partial charge in [-0.1, -0.05) is 20.8 Å². The van der Waals surface area contributed by atoms with E-state index in [1.54, 1.807) is 6.33 Å². The number of rotatable bonds is 2. The van der Waals surface area contributed by atoms with E-state index < -0.39 is 5.41 Å². The molecular weight excluding hydrogens is 354 g/mol. The van der Waals surface area contributed by atoms with Crippen LogP contribution in [-0.2, 0) is 23.7 Å². The average molecular weight is 383 g/mol. The molecule has 2 aromatic heterocycles. The van der Waals surface area contributed by atoms with Crippen LogP contribution in [0.15, 0.2) is 18.2 Å². The van der Waals surface area contributed by atoms with Crippen LogP contribution >= 0.6 is 0 Å². The molecule has 2 aromatic rings. The van der Waals surface area contributed by atoms with Gasteiger partial charge in [0.25, 0.3) is 0 Å². The molecule has 0 spiro atoms. The van der Waals surface area contributed by atoms with Crippen LogP contribution in [0.2, 0.25) is 0 Å². The number of carbonyl (C=O) groups is 1. The van der Waals surface area contributed by atoms with Crippen LogP contribution in [0, 0.1) is 11.3 Å². The standard InChI is InChI=1S/C21H29N5O2/c1-12(2)26-11-22-19(24-26)16-14-7-8-15-20(3,4)18(28)13(10-27)9-21(15,5)17(14)23-25(16)6/h10-12,15,27H,7-9H2,1-6H3/b13-10-/t15-,21-/m0/s1. The highest BCUT2D eigenvalue weighted by Crippen LogP contribution is 2.57. The number of fused-ring (bicyclic) bond motifs is 3. The molecule has 0 saturated heterocycles. The Balaban J connectivity index is 1.87. The summed E-state index contributed by atoms with van der Waals surface area (Å²) in [5, 5.41) is 19.3. The van der Waals surface area contributed by atoms with E-state index in [9.17, 15) is 9.90 Å². The van der Waals surface area contributed by atoms with E-state index in [0.29, 0.717) is 17.8 Å². The maximum absolute atomic E-state index is 12.9. The molecule has 0 aromatic carbocycles. The Morgan fingerprint density at radius 1 is 1.29 bits per heavy atom. The summed E-state index contributed by atoms with van der Waals surface area (Å²) in [7, 11) is 1.93. The summed E-state index contributed by atoms with van der Waals surface area (Å²) in [6.07, 6.45) is 5.03. The molecule has 1 fully saturated rings. The van der Waals surface area contributed by atoms with Crippen molar-refractivity contribution in [2.45, 2.75) is 65.3 Å². The van der Waals surface area contributed by atoms with Gasteiger partial charge >= 0.3 is 0 Å². The molecule has 2 aliphatic rings. The third-order valence-corrected chi connectivity index (χ3v) is 6.85. The van der Waals surface area contributed by atoms with Gasteiger partial charge in [0.2, 0.25) is 0 Å². The summed E-state index contributed by atoms with van der Waals surface area (Å²) in [4.78, 5) is 17.4. The Bertz CT molecular complexity index is 981. The predicted molar refractivity (Wildman–Crippen MR) is 106 cm³/mol. The second-order valence-corrected chi connectivity index (χ2v) is 9.33. The van der Waals surface area contributed by atoms with Crippen LogP contribution in [0.4, 0.5) is 0 Å². The molecule has 28 heavy (non-hydrogen) atoms. The average Bonchev–Trinajstić information content (AvgIpc) is 3.23. The molecule has 0 radical (unpaired) electrons. The number of Topliss-reactive ketones (excluding diaryl/α,β-unsaturated/α-hetero) is 1. The topological polar surface area (TPSA) is 85.8 Å². The summed E-state index contributed by atoms with van der Waals surface area (Å²) in [5.41, 5.74) is 2.79. The summed E-state index contributed by atoms with van der Waals surface area (Å²) in [6.45, 7) is 10.3. The van der Waals surface area contributed by atoms with Crippen molar-refractivity contribution in [3.8, 4) is 11.5 Å². The molecule has 4 rings (SSSR count). The SMILES string of the molecule is CC(C)n1cnc(-c2c3c(nn2C)[C@@]2(C)C/C(=C/O)C(=O)C(C)(C)[C@@H]2CC3)n1. The first-order valence-electron chi connectivity index (χ1n) is 9.97. The fourth-order valence-corrected chi connectivity index (χ4v) is 5.46. The minimum atomic E-state index is -0.533. The van der Waals surface area contributed by atoms with Crippen LogP contribution < -0.4 is 0 Å². The second kappa shape index (κ2) is 6.03. The molecule has 7 heteroatoms. The fourth-order valence-electron chi connectivity index (χ4n) is 5.46. The number of aliphatic hydroxyl groups excluding tert-OH is 1. The quantitative estimate of drug-likeness (QED) is 0.633. The number of aryl methyl sites for hydroxylation is 1.